The van der Waals surface area contributed by atoms with E-state index in [4.69, 9.17) is 11.6 Å². The van der Waals surface area contributed by atoms with Crippen LogP contribution in [0.25, 0.3) is 16.7 Å². The summed E-state index contributed by atoms with van der Waals surface area (Å²) in [5, 5.41) is 0.307. The monoisotopic (exact) mass is 344 g/mol. The minimum Gasteiger partial charge on any atom is -0.287 e. The smallest absolute Gasteiger partial charge is 0.287 e. The first-order chi connectivity index (χ1) is 11.3. The molecule has 0 fully saturated rings. The van der Waals surface area contributed by atoms with Crippen LogP contribution in [0.3, 0.4) is 0 Å². The number of hydrogen-bond donors (Lipinski definition) is 0. The van der Waals surface area contributed by atoms with Crippen LogP contribution in [-0.2, 0) is 6.54 Å². The Balaban J connectivity index is 2.32. The van der Waals surface area contributed by atoms with E-state index in [0.717, 1.165) is 22.2 Å². The fourth-order valence-electron chi connectivity index (χ4n) is 2.87. The summed E-state index contributed by atoms with van der Waals surface area (Å²) in [7, 11) is 0. The van der Waals surface area contributed by atoms with Gasteiger partial charge >= 0.3 is 5.69 Å². The van der Waals surface area contributed by atoms with Gasteiger partial charge in [0.2, 0.25) is 0 Å². The van der Waals surface area contributed by atoms with Crippen molar-refractivity contribution in [2.45, 2.75) is 27.3 Å². The molecule has 1 aromatic heterocycles. The molecule has 0 unspecified atom stereocenters. The molecule has 3 nitrogen and oxygen atoms in total. The molecule has 0 spiro atoms. The highest BCUT2D eigenvalue weighted by Gasteiger charge is 2.17. The van der Waals surface area contributed by atoms with Crippen molar-refractivity contribution in [2.75, 3.05) is 0 Å². The van der Waals surface area contributed by atoms with E-state index in [2.05, 4.69) is 6.58 Å². The van der Waals surface area contributed by atoms with Gasteiger partial charge in [-0.15, -0.1) is 0 Å². The van der Waals surface area contributed by atoms with Crippen molar-refractivity contribution in [3.63, 3.8) is 0 Å². The lowest BCUT2D eigenvalue weighted by molar-refractivity contribution is 0.598. The lowest BCUT2D eigenvalue weighted by Crippen LogP contribution is -2.24. The normalized spacial score (nSPS) is 11.2. The van der Waals surface area contributed by atoms with Gasteiger partial charge in [0.15, 0.2) is 0 Å². The summed E-state index contributed by atoms with van der Waals surface area (Å²) in [6, 6.07) is 8.42. The Morgan fingerprint density at radius 1 is 1.21 bits per heavy atom. The van der Waals surface area contributed by atoms with Gasteiger partial charge in [0.25, 0.3) is 0 Å². The third-order valence-electron chi connectivity index (χ3n) is 4.30. The van der Waals surface area contributed by atoms with E-state index in [1.54, 1.807) is 28.2 Å². The predicted octanol–water partition coefficient (Wildman–Crippen LogP) is 4.75. The van der Waals surface area contributed by atoms with Crippen molar-refractivity contribution in [1.82, 2.24) is 9.13 Å². The van der Waals surface area contributed by atoms with E-state index in [0.29, 0.717) is 16.3 Å². The van der Waals surface area contributed by atoms with E-state index in [1.165, 1.54) is 6.07 Å². The summed E-state index contributed by atoms with van der Waals surface area (Å²) in [5.74, 6) is -0.422. The maximum Gasteiger partial charge on any atom is 0.333 e. The SMILES string of the molecule is C=C(C)n1c(=O)n(Cc2c(F)cccc2Cl)c2cc(C)c(C)cc21. The predicted molar refractivity (Wildman–Crippen MR) is 97.2 cm³/mol. The van der Waals surface area contributed by atoms with Crippen LogP contribution in [-0.4, -0.2) is 9.13 Å². The zero-order chi connectivity index (χ0) is 17.6. The van der Waals surface area contributed by atoms with Gasteiger partial charge in [-0.1, -0.05) is 24.2 Å². The lowest BCUT2D eigenvalue weighted by Gasteiger charge is -2.08. The minimum atomic E-state index is -0.422. The van der Waals surface area contributed by atoms with Gasteiger partial charge in [0.05, 0.1) is 17.6 Å². The van der Waals surface area contributed by atoms with Gasteiger partial charge in [-0.25, -0.2) is 9.18 Å². The highest BCUT2D eigenvalue weighted by atomic mass is 35.5. The Morgan fingerprint density at radius 3 is 2.42 bits per heavy atom. The Kier molecular flexibility index (Phi) is 4.10. The molecule has 0 bridgehead atoms. The largest absolute Gasteiger partial charge is 0.333 e. The van der Waals surface area contributed by atoms with Crippen LogP contribution in [0, 0.1) is 19.7 Å². The molecule has 124 valence electrons. The summed E-state index contributed by atoms with van der Waals surface area (Å²) in [6.07, 6.45) is 0. The van der Waals surface area contributed by atoms with Crippen LogP contribution in [0.4, 0.5) is 4.39 Å². The summed E-state index contributed by atoms with van der Waals surface area (Å²) < 4.78 is 17.2. The molecular weight excluding hydrogens is 327 g/mol. The molecule has 3 aromatic rings. The fraction of sp³-hybridized carbons (Fsp3) is 0.211. The average molecular weight is 345 g/mol. The average Bonchev–Trinajstić information content (AvgIpc) is 2.75. The van der Waals surface area contributed by atoms with E-state index in [-0.39, 0.29) is 12.2 Å². The number of aromatic nitrogens is 2. The number of fused-ring (bicyclic) bond motifs is 1. The Hall–Kier alpha value is -2.33. The van der Waals surface area contributed by atoms with Crippen molar-refractivity contribution < 1.29 is 4.39 Å². The maximum atomic E-state index is 14.2. The van der Waals surface area contributed by atoms with E-state index in [9.17, 15) is 9.18 Å². The first-order valence-corrected chi connectivity index (χ1v) is 8.00. The van der Waals surface area contributed by atoms with Gasteiger partial charge in [0.1, 0.15) is 5.82 Å². The molecule has 0 amide bonds. The Morgan fingerprint density at radius 2 is 1.83 bits per heavy atom. The standard InChI is InChI=1S/C19H18ClFN2O/c1-11(2)23-18-9-13(4)12(3)8-17(18)22(19(23)24)10-14-15(20)6-5-7-16(14)21/h5-9H,1,10H2,2-4H3. The molecule has 0 aliphatic carbocycles. The van der Waals surface area contributed by atoms with Crippen molar-refractivity contribution in [3.05, 3.63) is 74.9 Å². The van der Waals surface area contributed by atoms with Crippen LogP contribution in [0.15, 0.2) is 41.7 Å². The maximum absolute atomic E-state index is 14.2. The molecule has 0 atom stereocenters. The van der Waals surface area contributed by atoms with Crippen molar-refractivity contribution >= 4 is 28.3 Å². The van der Waals surface area contributed by atoms with Crippen LogP contribution < -0.4 is 5.69 Å². The van der Waals surface area contributed by atoms with Gasteiger partial charge in [-0.05, 0) is 56.2 Å². The van der Waals surface area contributed by atoms with E-state index < -0.39 is 5.82 Å². The number of hydrogen-bond acceptors (Lipinski definition) is 1. The molecule has 0 saturated heterocycles. The number of nitrogens with zero attached hydrogens (tertiary/aromatic N) is 2. The molecule has 5 heteroatoms. The summed E-state index contributed by atoms with van der Waals surface area (Å²) in [4.78, 5) is 12.9. The zero-order valence-electron chi connectivity index (χ0n) is 13.9. The number of imidazole rings is 1. The lowest BCUT2D eigenvalue weighted by atomic mass is 10.1. The summed E-state index contributed by atoms with van der Waals surface area (Å²) in [5.41, 5.74) is 4.33. The number of aryl methyl sites for hydroxylation is 2. The van der Waals surface area contributed by atoms with Gasteiger partial charge in [0, 0.05) is 16.3 Å². The molecule has 0 N–H and O–H groups in total. The molecule has 0 saturated carbocycles. The van der Waals surface area contributed by atoms with E-state index in [1.807, 2.05) is 26.0 Å². The molecule has 24 heavy (non-hydrogen) atoms. The Labute approximate surface area is 144 Å². The highest BCUT2D eigenvalue weighted by Crippen LogP contribution is 2.24. The first kappa shape index (κ1) is 16.5. The van der Waals surface area contributed by atoms with Crippen LogP contribution >= 0.6 is 11.6 Å². The molecule has 0 radical (unpaired) electrons. The number of benzene rings is 2. The second-order valence-corrected chi connectivity index (χ2v) is 6.47. The van der Waals surface area contributed by atoms with E-state index >= 15 is 0 Å². The van der Waals surface area contributed by atoms with Crippen LogP contribution in [0.1, 0.15) is 23.6 Å². The van der Waals surface area contributed by atoms with Crippen molar-refractivity contribution in [3.8, 4) is 0 Å². The van der Waals surface area contributed by atoms with Crippen LogP contribution in [0.5, 0.6) is 0 Å². The Bertz CT molecular complexity index is 1010. The summed E-state index contributed by atoms with van der Waals surface area (Å²) in [6.45, 7) is 9.72. The number of halogens is 2. The molecule has 3 rings (SSSR count). The number of rotatable bonds is 3. The van der Waals surface area contributed by atoms with Gasteiger partial charge in [-0.2, -0.15) is 0 Å². The van der Waals surface area contributed by atoms with Crippen LogP contribution in [0.2, 0.25) is 5.02 Å². The molecule has 0 aliphatic heterocycles. The highest BCUT2D eigenvalue weighted by molar-refractivity contribution is 6.31. The summed E-state index contributed by atoms with van der Waals surface area (Å²) >= 11 is 6.13. The molecular formula is C19H18ClFN2O. The van der Waals surface area contributed by atoms with Gasteiger partial charge < -0.3 is 0 Å². The minimum absolute atomic E-state index is 0.0730. The second-order valence-electron chi connectivity index (χ2n) is 6.06. The molecule has 2 aromatic carbocycles. The topological polar surface area (TPSA) is 26.9 Å². The fourth-order valence-corrected chi connectivity index (χ4v) is 3.09. The molecule has 0 aliphatic rings. The van der Waals surface area contributed by atoms with Crippen molar-refractivity contribution in [1.29, 1.82) is 0 Å². The quantitative estimate of drug-likeness (QED) is 0.673. The molecule has 1 heterocycles. The van der Waals surface area contributed by atoms with Gasteiger partial charge in [-0.3, -0.25) is 9.13 Å². The zero-order valence-corrected chi connectivity index (χ0v) is 14.6. The van der Waals surface area contributed by atoms with Crippen molar-refractivity contribution in [2.24, 2.45) is 0 Å². The third-order valence-corrected chi connectivity index (χ3v) is 4.66. The second kappa shape index (κ2) is 5.95. The first-order valence-electron chi connectivity index (χ1n) is 7.62. The number of allylic oxidation sites excluding steroid dienone is 1. The third kappa shape index (κ3) is 2.57.